The summed E-state index contributed by atoms with van der Waals surface area (Å²) in [6.07, 6.45) is -0.752. The lowest BCUT2D eigenvalue weighted by Gasteiger charge is -2.23. The quantitative estimate of drug-likeness (QED) is 0.125. The van der Waals surface area contributed by atoms with Gasteiger partial charge in [-0.3, -0.25) is 19.2 Å². The summed E-state index contributed by atoms with van der Waals surface area (Å²) < 4.78 is 10.3. The van der Waals surface area contributed by atoms with Crippen molar-refractivity contribution in [1.82, 2.24) is 16.0 Å². The molecule has 254 valence electrons. The van der Waals surface area contributed by atoms with Gasteiger partial charge in [0.05, 0.1) is 6.61 Å². The number of ketones is 1. The third kappa shape index (κ3) is 12.0. The second-order valence-corrected chi connectivity index (χ2v) is 11.3. The molecule has 4 rings (SSSR count). The van der Waals surface area contributed by atoms with E-state index in [0.29, 0.717) is 23.5 Å². The first-order valence-corrected chi connectivity index (χ1v) is 15.9. The zero-order valence-electron chi connectivity index (χ0n) is 27.2. The zero-order valence-corrected chi connectivity index (χ0v) is 27.2. The number of Topliss-reactive ketones (excluding diaryl/α,β-unsaturated/α-hetero) is 1. The highest BCUT2D eigenvalue weighted by Gasteiger charge is 2.29. The Bertz CT molecular complexity index is 1700. The Balaban J connectivity index is 1.50. The van der Waals surface area contributed by atoms with Crippen molar-refractivity contribution in [1.29, 1.82) is 0 Å². The number of nitrogens with one attached hydrogen (secondary N) is 3. The molecule has 0 saturated carbocycles. The highest BCUT2D eigenvalue weighted by atomic mass is 16.5. The number of hydrogen-bond acceptors (Lipinski definition) is 7. The van der Waals surface area contributed by atoms with Crippen LogP contribution >= 0.6 is 0 Å². The van der Waals surface area contributed by atoms with Crippen LogP contribution in [0.1, 0.15) is 34.7 Å². The van der Waals surface area contributed by atoms with Gasteiger partial charge in [0.25, 0.3) is 5.91 Å². The minimum atomic E-state index is -1.16. The molecule has 4 amide bonds. The predicted octanol–water partition coefficient (Wildman–Crippen LogP) is 3.56. The molecule has 0 aliphatic rings. The summed E-state index contributed by atoms with van der Waals surface area (Å²) in [4.78, 5) is 64.3. The molecule has 2 unspecified atom stereocenters. The van der Waals surface area contributed by atoms with Crippen molar-refractivity contribution in [2.24, 2.45) is 5.73 Å². The van der Waals surface area contributed by atoms with E-state index in [1.807, 2.05) is 43.3 Å². The van der Waals surface area contributed by atoms with Gasteiger partial charge in [0.15, 0.2) is 0 Å². The fraction of sp³-hybridized carbons (Fsp3) is 0.237. The molecule has 5 N–H and O–H groups in total. The monoisotopic (exact) mass is 664 g/mol. The number of carbonyl (C=O) groups is 5. The highest BCUT2D eigenvalue weighted by Crippen LogP contribution is 2.14. The minimum Gasteiger partial charge on any atom is -0.494 e. The van der Waals surface area contributed by atoms with Crippen LogP contribution in [0, 0.1) is 0 Å². The first-order valence-electron chi connectivity index (χ1n) is 15.9. The third-order valence-electron chi connectivity index (χ3n) is 7.54. The summed E-state index contributed by atoms with van der Waals surface area (Å²) >= 11 is 0. The van der Waals surface area contributed by atoms with Crippen molar-refractivity contribution in [3.05, 3.63) is 137 Å². The molecule has 0 aliphatic heterocycles. The van der Waals surface area contributed by atoms with E-state index in [-0.39, 0.29) is 32.4 Å². The number of nitrogens with two attached hydrogens (primary N) is 1. The summed E-state index contributed by atoms with van der Waals surface area (Å²) in [6.45, 7) is 2.56. The van der Waals surface area contributed by atoms with Crippen molar-refractivity contribution in [2.45, 2.75) is 51.4 Å². The van der Waals surface area contributed by atoms with Crippen LogP contribution in [0.15, 0.2) is 109 Å². The first-order chi connectivity index (χ1) is 23.7. The van der Waals surface area contributed by atoms with Gasteiger partial charge in [0.2, 0.25) is 17.6 Å². The normalized spacial score (nSPS) is 11.8. The molecule has 0 spiro atoms. The molecule has 0 aromatic heterocycles. The second kappa shape index (κ2) is 18.4. The molecule has 0 aliphatic carbocycles. The van der Waals surface area contributed by atoms with Gasteiger partial charge in [-0.05, 0) is 46.9 Å². The van der Waals surface area contributed by atoms with Crippen LogP contribution in [0.3, 0.4) is 0 Å². The van der Waals surface area contributed by atoms with Crippen LogP contribution in [-0.2, 0) is 56.3 Å². The van der Waals surface area contributed by atoms with Crippen molar-refractivity contribution in [3.63, 3.8) is 0 Å². The molecule has 0 saturated heterocycles. The summed E-state index contributed by atoms with van der Waals surface area (Å²) in [5, 5.41) is 8.31. The van der Waals surface area contributed by atoms with Gasteiger partial charge in [-0.25, -0.2) is 4.79 Å². The maximum Gasteiger partial charge on any atom is 0.404 e. The molecule has 0 bridgehead atoms. The van der Waals surface area contributed by atoms with Crippen molar-refractivity contribution < 1.29 is 33.4 Å². The number of carbonyl (C=O) groups excluding carboxylic acids is 5. The number of rotatable bonds is 17. The Morgan fingerprint density at radius 1 is 0.633 bits per heavy atom. The molecule has 2 atom stereocenters. The largest absolute Gasteiger partial charge is 0.494 e. The summed E-state index contributed by atoms with van der Waals surface area (Å²) in [5.74, 6) is -2.00. The lowest BCUT2D eigenvalue weighted by molar-refractivity contribution is -0.139. The third-order valence-corrected chi connectivity index (χ3v) is 7.54. The SMILES string of the molecule is CCOc1ccc(CC(NC(=O)C(=O)Cc2ccccc2)C(=O)NC(Cc2ccccc2)C(=O)NCc2ccc(COC(N)=O)cc2)cc1. The Kier molecular flexibility index (Phi) is 13.5. The van der Waals surface area contributed by atoms with Gasteiger partial charge < -0.3 is 31.2 Å². The van der Waals surface area contributed by atoms with Crippen molar-refractivity contribution >= 4 is 29.6 Å². The van der Waals surface area contributed by atoms with E-state index < -0.39 is 41.7 Å². The Hall–Kier alpha value is -5.97. The van der Waals surface area contributed by atoms with Crippen LogP contribution < -0.4 is 26.4 Å². The van der Waals surface area contributed by atoms with Crippen LogP contribution in [0.5, 0.6) is 5.75 Å². The molecule has 4 aromatic rings. The van der Waals surface area contributed by atoms with Crippen molar-refractivity contribution in [2.75, 3.05) is 6.61 Å². The molecular formula is C38H40N4O7. The second-order valence-electron chi connectivity index (χ2n) is 11.3. The number of primary amides is 1. The van der Waals surface area contributed by atoms with Gasteiger partial charge >= 0.3 is 6.09 Å². The fourth-order valence-corrected chi connectivity index (χ4v) is 4.99. The molecular weight excluding hydrogens is 624 g/mol. The van der Waals surface area contributed by atoms with Crippen LogP contribution in [0.2, 0.25) is 0 Å². The molecule has 4 aromatic carbocycles. The van der Waals surface area contributed by atoms with E-state index in [1.165, 1.54) is 0 Å². The number of benzene rings is 4. The topological polar surface area (TPSA) is 166 Å². The van der Waals surface area contributed by atoms with E-state index in [4.69, 9.17) is 15.2 Å². The lowest BCUT2D eigenvalue weighted by Crippen LogP contribution is -2.55. The Morgan fingerprint density at radius 2 is 1.16 bits per heavy atom. The fourth-order valence-electron chi connectivity index (χ4n) is 4.99. The van der Waals surface area contributed by atoms with E-state index in [1.54, 1.807) is 72.8 Å². The van der Waals surface area contributed by atoms with Crippen LogP contribution in [-0.4, -0.2) is 48.3 Å². The van der Waals surface area contributed by atoms with Crippen LogP contribution in [0.25, 0.3) is 0 Å². The molecule has 11 nitrogen and oxygen atoms in total. The van der Waals surface area contributed by atoms with E-state index in [0.717, 1.165) is 16.7 Å². The van der Waals surface area contributed by atoms with E-state index >= 15 is 0 Å². The number of hydrogen-bond donors (Lipinski definition) is 4. The maximum absolute atomic E-state index is 13.9. The standard InChI is InChI=1S/C38H40N4O7/c1-2-48-31-19-17-28(18-20-31)22-33(42-37(46)34(43)23-27-11-7-4-8-12-27)36(45)41-32(21-26-9-5-3-6-10-26)35(44)40-24-29-13-15-30(16-14-29)25-49-38(39)47/h3-20,32-33H,2,21-25H2,1H3,(H2,39,47)(H,40,44)(H,41,45)(H,42,46). The molecule has 49 heavy (non-hydrogen) atoms. The highest BCUT2D eigenvalue weighted by molar-refractivity contribution is 6.37. The van der Waals surface area contributed by atoms with Gasteiger partial charge in [-0.15, -0.1) is 0 Å². The van der Waals surface area contributed by atoms with Gasteiger partial charge in [0.1, 0.15) is 24.4 Å². The van der Waals surface area contributed by atoms with E-state index in [2.05, 4.69) is 16.0 Å². The zero-order chi connectivity index (χ0) is 35.0. The lowest BCUT2D eigenvalue weighted by atomic mass is 10.0. The molecule has 11 heteroatoms. The maximum atomic E-state index is 13.9. The average Bonchev–Trinajstić information content (AvgIpc) is 3.11. The summed E-state index contributed by atoms with van der Waals surface area (Å²) in [5.41, 5.74) is 8.73. The van der Waals surface area contributed by atoms with E-state index in [9.17, 15) is 24.0 Å². The van der Waals surface area contributed by atoms with Gasteiger partial charge in [-0.2, -0.15) is 0 Å². The van der Waals surface area contributed by atoms with Crippen molar-refractivity contribution in [3.8, 4) is 5.75 Å². The number of amides is 4. The molecule has 0 fully saturated rings. The number of ether oxygens (including phenoxy) is 2. The van der Waals surface area contributed by atoms with Crippen LogP contribution in [0.4, 0.5) is 4.79 Å². The summed E-state index contributed by atoms with van der Waals surface area (Å²) in [6, 6.07) is 30.1. The average molecular weight is 665 g/mol. The smallest absolute Gasteiger partial charge is 0.404 e. The molecule has 0 radical (unpaired) electrons. The predicted molar refractivity (Wildman–Crippen MR) is 183 cm³/mol. The van der Waals surface area contributed by atoms with Gasteiger partial charge in [-0.1, -0.05) is 97.1 Å². The Morgan fingerprint density at radius 3 is 1.76 bits per heavy atom. The molecule has 0 heterocycles. The summed E-state index contributed by atoms with van der Waals surface area (Å²) in [7, 11) is 0. The van der Waals surface area contributed by atoms with Gasteiger partial charge in [0, 0.05) is 25.8 Å². The first kappa shape index (κ1) is 35.9. The Labute approximate surface area is 285 Å². The minimum absolute atomic E-state index is 0.0272.